The van der Waals surface area contributed by atoms with Crippen molar-refractivity contribution in [3.05, 3.63) is 36.0 Å². The van der Waals surface area contributed by atoms with Crippen LogP contribution in [0.25, 0.3) is 10.9 Å². The van der Waals surface area contributed by atoms with Crippen molar-refractivity contribution in [2.45, 2.75) is 25.8 Å². The first kappa shape index (κ1) is 14.1. The SMILES string of the molecule is CN1CCC(Cn2cc(CC(N)=O)c3ccccc32)CC1. The Morgan fingerprint density at radius 2 is 2.00 bits per heavy atom. The highest BCUT2D eigenvalue weighted by Crippen LogP contribution is 2.25. The molecular weight excluding hydrogens is 262 g/mol. The molecule has 112 valence electrons. The third kappa shape index (κ3) is 3.10. The van der Waals surface area contributed by atoms with E-state index in [2.05, 4.69) is 40.9 Å². The molecule has 1 saturated heterocycles. The number of benzene rings is 1. The maximum Gasteiger partial charge on any atom is 0.221 e. The summed E-state index contributed by atoms with van der Waals surface area (Å²) in [5, 5.41) is 1.16. The second kappa shape index (κ2) is 5.90. The molecule has 1 aromatic heterocycles. The van der Waals surface area contributed by atoms with Crippen molar-refractivity contribution in [1.82, 2.24) is 9.47 Å². The van der Waals surface area contributed by atoms with Crippen LogP contribution < -0.4 is 5.73 Å². The molecule has 0 saturated carbocycles. The van der Waals surface area contributed by atoms with Crippen LogP contribution in [-0.2, 0) is 17.8 Å². The molecule has 21 heavy (non-hydrogen) atoms. The number of carbonyl (C=O) groups excluding carboxylic acids is 1. The van der Waals surface area contributed by atoms with Crippen LogP contribution in [0.4, 0.5) is 0 Å². The smallest absolute Gasteiger partial charge is 0.221 e. The van der Waals surface area contributed by atoms with Crippen molar-refractivity contribution >= 4 is 16.8 Å². The van der Waals surface area contributed by atoms with E-state index in [1.54, 1.807) is 0 Å². The van der Waals surface area contributed by atoms with Crippen LogP contribution in [0, 0.1) is 5.92 Å². The maximum atomic E-state index is 11.3. The van der Waals surface area contributed by atoms with Gasteiger partial charge in [0, 0.05) is 23.6 Å². The fraction of sp³-hybridized carbons (Fsp3) is 0.471. The molecule has 3 rings (SSSR count). The molecule has 2 aromatic rings. The van der Waals surface area contributed by atoms with E-state index in [1.165, 1.54) is 31.4 Å². The van der Waals surface area contributed by atoms with Crippen LogP contribution >= 0.6 is 0 Å². The lowest BCUT2D eigenvalue weighted by molar-refractivity contribution is -0.117. The lowest BCUT2D eigenvalue weighted by atomic mass is 9.97. The molecule has 1 aliphatic heterocycles. The van der Waals surface area contributed by atoms with Crippen LogP contribution in [0.1, 0.15) is 18.4 Å². The molecule has 4 heteroatoms. The first-order chi connectivity index (χ1) is 10.1. The average Bonchev–Trinajstić information content (AvgIpc) is 2.79. The molecule has 0 aliphatic carbocycles. The Balaban J connectivity index is 1.86. The normalized spacial score (nSPS) is 17.4. The third-order valence-electron chi connectivity index (χ3n) is 4.53. The van der Waals surface area contributed by atoms with E-state index in [1.807, 2.05) is 6.07 Å². The van der Waals surface area contributed by atoms with Crippen molar-refractivity contribution in [2.24, 2.45) is 11.7 Å². The second-order valence-electron chi connectivity index (χ2n) is 6.21. The predicted molar refractivity (Wildman–Crippen MR) is 85.1 cm³/mol. The average molecular weight is 285 g/mol. The maximum absolute atomic E-state index is 11.3. The second-order valence-corrected chi connectivity index (χ2v) is 6.21. The summed E-state index contributed by atoms with van der Waals surface area (Å²) in [5.41, 5.74) is 7.63. The molecule has 0 spiro atoms. The molecule has 0 radical (unpaired) electrons. The number of carbonyl (C=O) groups is 1. The zero-order chi connectivity index (χ0) is 14.8. The van der Waals surface area contributed by atoms with Gasteiger partial charge in [0.1, 0.15) is 0 Å². The Bertz CT molecular complexity index is 639. The largest absolute Gasteiger partial charge is 0.369 e. The van der Waals surface area contributed by atoms with Gasteiger partial charge >= 0.3 is 0 Å². The number of primary amides is 1. The van der Waals surface area contributed by atoms with E-state index in [9.17, 15) is 4.79 Å². The summed E-state index contributed by atoms with van der Waals surface area (Å²) in [6.45, 7) is 3.39. The number of fused-ring (bicyclic) bond motifs is 1. The molecule has 0 atom stereocenters. The van der Waals surface area contributed by atoms with Crippen molar-refractivity contribution in [1.29, 1.82) is 0 Å². The van der Waals surface area contributed by atoms with Gasteiger partial charge in [0.25, 0.3) is 0 Å². The van der Waals surface area contributed by atoms with Crippen LogP contribution in [0.2, 0.25) is 0 Å². The summed E-state index contributed by atoms with van der Waals surface area (Å²) >= 11 is 0. The van der Waals surface area contributed by atoms with Gasteiger partial charge in [-0.05, 0) is 50.5 Å². The van der Waals surface area contributed by atoms with Gasteiger partial charge in [0.2, 0.25) is 5.91 Å². The lowest BCUT2D eigenvalue weighted by Crippen LogP contribution is -2.31. The fourth-order valence-corrected chi connectivity index (χ4v) is 3.33. The highest BCUT2D eigenvalue weighted by atomic mass is 16.1. The number of aromatic nitrogens is 1. The zero-order valence-corrected chi connectivity index (χ0v) is 12.6. The Hall–Kier alpha value is -1.81. The summed E-state index contributed by atoms with van der Waals surface area (Å²) in [4.78, 5) is 13.6. The molecule has 2 heterocycles. The molecule has 4 nitrogen and oxygen atoms in total. The topological polar surface area (TPSA) is 51.3 Å². The van der Waals surface area contributed by atoms with Gasteiger partial charge in [-0.1, -0.05) is 18.2 Å². The Morgan fingerprint density at radius 3 is 2.71 bits per heavy atom. The summed E-state index contributed by atoms with van der Waals surface area (Å²) < 4.78 is 2.31. The van der Waals surface area contributed by atoms with Gasteiger partial charge < -0.3 is 15.2 Å². The zero-order valence-electron chi connectivity index (χ0n) is 12.6. The van der Waals surface area contributed by atoms with Gasteiger partial charge in [-0.3, -0.25) is 4.79 Å². The Kier molecular flexibility index (Phi) is 3.97. The number of nitrogens with two attached hydrogens (primary N) is 1. The van der Waals surface area contributed by atoms with Gasteiger partial charge in [0.05, 0.1) is 6.42 Å². The third-order valence-corrected chi connectivity index (χ3v) is 4.53. The number of para-hydroxylation sites is 1. The van der Waals surface area contributed by atoms with Crippen molar-refractivity contribution in [3.63, 3.8) is 0 Å². The van der Waals surface area contributed by atoms with E-state index in [0.717, 1.165) is 23.4 Å². The minimum absolute atomic E-state index is 0.266. The number of amides is 1. The molecule has 1 fully saturated rings. The van der Waals surface area contributed by atoms with E-state index < -0.39 is 0 Å². The molecular formula is C17H23N3O. The van der Waals surface area contributed by atoms with E-state index in [-0.39, 0.29) is 5.91 Å². The molecule has 1 amide bonds. The number of nitrogens with zero attached hydrogens (tertiary/aromatic N) is 2. The standard InChI is InChI=1S/C17H23N3O/c1-19-8-6-13(7-9-19)11-20-12-14(10-17(18)21)15-4-2-3-5-16(15)20/h2-5,12-13H,6-11H2,1H3,(H2,18,21). The highest BCUT2D eigenvalue weighted by Gasteiger charge is 2.18. The number of piperidine rings is 1. The lowest BCUT2D eigenvalue weighted by Gasteiger charge is -2.29. The van der Waals surface area contributed by atoms with Crippen molar-refractivity contribution < 1.29 is 4.79 Å². The van der Waals surface area contributed by atoms with E-state index >= 15 is 0 Å². The monoisotopic (exact) mass is 285 g/mol. The molecule has 1 aromatic carbocycles. The molecule has 0 bridgehead atoms. The minimum Gasteiger partial charge on any atom is -0.369 e. The van der Waals surface area contributed by atoms with Gasteiger partial charge in [-0.25, -0.2) is 0 Å². The van der Waals surface area contributed by atoms with Gasteiger partial charge in [-0.15, -0.1) is 0 Å². The summed E-state index contributed by atoms with van der Waals surface area (Å²) in [6.07, 6.45) is 4.93. The van der Waals surface area contributed by atoms with Gasteiger partial charge in [-0.2, -0.15) is 0 Å². The molecule has 0 unspecified atom stereocenters. The first-order valence-electron chi connectivity index (χ1n) is 7.67. The fourth-order valence-electron chi connectivity index (χ4n) is 3.33. The van der Waals surface area contributed by atoms with E-state index in [4.69, 9.17) is 5.73 Å². The highest BCUT2D eigenvalue weighted by molar-refractivity contribution is 5.88. The minimum atomic E-state index is -0.266. The summed E-state index contributed by atoms with van der Waals surface area (Å²) in [5.74, 6) is 0.454. The van der Waals surface area contributed by atoms with Crippen LogP contribution in [0.15, 0.2) is 30.5 Å². The predicted octanol–water partition coefficient (Wildman–Crippen LogP) is 2.01. The Morgan fingerprint density at radius 1 is 1.29 bits per heavy atom. The van der Waals surface area contributed by atoms with Crippen LogP contribution in [0.3, 0.4) is 0 Å². The number of likely N-dealkylation sites (tertiary alicyclic amines) is 1. The number of hydrogen-bond acceptors (Lipinski definition) is 2. The molecule has 2 N–H and O–H groups in total. The Labute approximate surface area is 125 Å². The first-order valence-corrected chi connectivity index (χ1v) is 7.67. The van der Waals surface area contributed by atoms with Crippen LogP contribution in [-0.4, -0.2) is 35.5 Å². The summed E-state index contributed by atoms with van der Waals surface area (Å²) in [7, 11) is 2.19. The van der Waals surface area contributed by atoms with Gasteiger partial charge in [0.15, 0.2) is 0 Å². The molecule has 1 aliphatic rings. The number of rotatable bonds is 4. The van der Waals surface area contributed by atoms with Crippen molar-refractivity contribution in [2.75, 3.05) is 20.1 Å². The quantitative estimate of drug-likeness (QED) is 0.934. The van der Waals surface area contributed by atoms with Crippen LogP contribution in [0.5, 0.6) is 0 Å². The van der Waals surface area contributed by atoms with E-state index in [0.29, 0.717) is 6.42 Å². The number of hydrogen-bond donors (Lipinski definition) is 1. The summed E-state index contributed by atoms with van der Waals surface area (Å²) in [6, 6.07) is 8.29. The van der Waals surface area contributed by atoms with Crippen molar-refractivity contribution in [3.8, 4) is 0 Å².